The lowest BCUT2D eigenvalue weighted by molar-refractivity contribution is 0.139. The van der Waals surface area contributed by atoms with Crippen LogP contribution in [0.15, 0.2) is 16.3 Å². The molecule has 4 rings (SSSR count). The number of hydrogen-bond donors (Lipinski definition) is 2. The van der Waals surface area contributed by atoms with Gasteiger partial charge in [-0.1, -0.05) is 0 Å². The van der Waals surface area contributed by atoms with Crippen LogP contribution in [-0.2, 0) is 0 Å². The van der Waals surface area contributed by atoms with Crippen LogP contribution >= 0.6 is 0 Å². The number of fused-ring (bicyclic) bond motifs is 2. The van der Waals surface area contributed by atoms with Crippen molar-refractivity contribution < 1.29 is 9.90 Å². The van der Waals surface area contributed by atoms with Crippen LogP contribution in [0.25, 0.3) is 0 Å². The van der Waals surface area contributed by atoms with Gasteiger partial charge in [-0.15, -0.1) is 0 Å². The highest BCUT2D eigenvalue weighted by atomic mass is 16.4. The summed E-state index contributed by atoms with van der Waals surface area (Å²) in [5.74, 6) is 0. The molecule has 0 radical (unpaired) electrons. The van der Waals surface area contributed by atoms with E-state index in [0.717, 1.165) is 25.1 Å². The Morgan fingerprint density at radius 2 is 2.26 bits per heavy atom. The standard InChI is InChI=1S/C13H18N4O2/c18-12(19)16-5-1-10-9(8-16)11-7-14-13(2-3-13)4-6-17(11)15-10/h7,10,15H,1-6,8H2,(H,18,19). The van der Waals surface area contributed by atoms with Gasteiger partial charge < -0.3 is 15.0 Å². The Labute approximate surface area is 111 Å². The van der Waals surface area contributed by atoms with Gasteiger partial charge in [0.05, 0.1) is 17.3 Å². The average Bonchev–Trinajstić information content (AvgIpc) is 3.12. The summed E-state index contributed by atoms with van der Waals surface area (Å²) in [4.78, 5) is 17.4. The molecule has 1 spiro atoms. The van der Waals surface area contributed by atoms with Gasteiger partial charge in [-0.2, -0.15) is 0 Å². The number of aliphatic imine (C=N–C) groups is 1. The Bertz CT molecular complexity index is 495. The molecule has 1 unspecified atom stereocenters. The monoisotopic (exact) mass is 262 g/mol. The average molecular weight is 262 g/mol. The Morgan fingerprint density at radius 3 is 3.00 bits per heavy atom. The number of amides is 1. The van der Waals surface area contributed by atoms with Crippen LogP contribution < -0.4 is 5.43 Å². The first-order valence-corrected chi connectivity index (χ1v) is 6.97. The minimum atomic E-state index is -0.825. The van der Waals surface area contributed by atoms with Crippen molar-refractivity contribution in [2.75, 3.05) is 19.6 Å². The van der Waals surface area contributed by atoms with E-state index in [4.69, 9.17) is 10.1 Å². The molecule has 6 heteroatoms. The Hall–Kier alpha value is -1.56. The second-order valence-electron chi connectivity index (χ2n) is 5.97. The minimum Gasteiger partial charge on any atom is -0.465 e. The summed E-state index contributed by atoms with van der Waals surface area (Å²) >= 11 is 0. The van der Waals surface area contributed by atoms with Crippen LogP contribution in [0.1, 0.15) is 25.7 Å². The molecule has 3 heterocycles. The largest absolute Gasteiger partial charge is 0.465 e. The zero-order valence-electron chi connectivity index (χ0n) is 10.8. The quantitative estimate of drug-likeness (QED) is 0.678. The number of allylic oxidation sites excluding steroid dienone is 1. The molecule has 0 aromatic carbocycles. The van der Waals surface area contributed by atoms with Crippen molar-refractivity contribution in [3.63, 3.8) is 0 Å². The fourth-order valence-electron chi connectivity index (χ4n) is 3.29. The van der Waals surface area contributed by atoms with Gasteiger partial charge in [0.25, 0.3) is 0 Å². The predicted octanol–water partition coefficient (Wildman–Crippen LogP) is 0.820. The zero-order chi connectivity index (χ0) is 13.0. The van der Waals surface area contributed by atoms with Crippen LogP contribution in [0.5, 0.6) is 0 Å². The number of likely N-dealkylation sites (tertiary alicyclic amines) is 1. The Morgan fingerprint density at radius 1 is 1.42 bits per heavy atom. The van der Waals surface area contributed by atoms with Crippen LogP contribution in [0, 0.1) is 0 Å². The molecule has 19 heavy (non-hydrogen) atoms. The molecule has 2 fully saturated rings. The molecule has 6 nitrogen and oxygen atoms in total. The third-order valence-electron chi connectivity index (χ3n) is 4.76. The molecule has 1 saturated heterocycles. The van der Waals surface area contributed by atoms with E-state index < -0.39 is 6.09 Å². The van der Waals surface area contributed by atoms with Crippen molar-refractivity contribution in [3.05, 3.63) is 11.3 Å². The molecular weight excluding hydrogens is 244 g/mol. The molecule has 0 aromatic heterocycles. The van der Waals surface area contributed by atoms with Gasteiger partial charge in [-0.3, -0.25) is 4.99 Å². The number of carbonyl (C=O) groups is 1. The fraction of sp³-hybridized carbons (Fsp3) is 0.692. The van der Waals surface area contributed by atoms with Crippen LogP contribution in [-0.4, -0.2) is 58.5 Å². The third-order valence-corrected chi connectivity index (χ3v) is 4.76. The second-order valence-corrected chi connectivity index (χ2v) is 5.97. The van der Waals surface area contributed by atoms with Gasteiger partial charge in [0, 0.05) is 25.8 Å². The SMILES string of the molecule is O=C(O)N1CCC2NN3CCC4(CC4)N=CC3=C2C1. The number of carboxylic acid groups (broad SMARTS) is 1. The van der Waals surface area contributed by atoms with Crippen molar-refractivity contribution in [2.24, 2.45) is 4.99 Å². The first-order chi connectivity index (χ1) is 9.17. The maximum atomic E-state index is 11.1. The van der Waals surface area contributed by atoms with E-state index in [1.807, 2.05) is 6.21 Å². The van der Waals surface area contributed by atoms with Gasteiger partial charge in [-0.25, -0.2) is 10.2 Å². The third kappa shape index (κ3) is 1.74. The van der Waals surface area contributed by atoms with E-state index >= 15 is 0 Å². The summed E-state index contributed by atoms with van der Waals surface area (Å²) in [5, 5.41) is 11.3. The molecule has 1 saturated carbocycles. The van der Waals surface area contributed by atoms with Gasteiger partial charge in [0.15, 0.2) is 0 Å². The van der Waals surface area contributed by atoms with Crippen molar-refractivity contribution in [3.8, 4) is 0 Å². The summed E-state index contributed by atoms with van der Waals surface area (Å²) < 4.78 is 0. The topological polar surface area (TPSA) is 68.2 Å². The predicted molar refractivity (Wildman–Crippen MR) is 69.9 cm³/mol. The van der Waals surface area contributed by atoms with Gasteiger partial charge in [-0.05, 0) is 31.3 Å². The van der Waals surface area contributed by atoms with E-state index in [2.05, 4.69) is 10.4 Å². The lowest BCUT2D eigenvalue weighted by Gasteiger charge is -2.29. The van der Waals surface area contributed by atoms with Gasteiger partial charge in [0.1, 0.15) is 0 Å². The Kier molecular flexibility index (Phi) is 2.21. The van der Waals surface area contributed by atoms with Crippen LogP contribution in [0.2, 0.25) is 0 Å². The molecule has 102 valence electrons. The second kappa shape index (κ2) is 3.72. The highest BCUT2D eigenvalue weighted by Crippen LogP contribution is 2.45. The summed E-state index contributed by atoms with van der Waals surface area (Å²) in [6.07, 6.45) is 5.50. The number of rotatable bonds is 0. The zero-order valence-corrected chi connectivity index (χ0v) is 10.8. The summed E-state index contributed by atoms with van der Waals surface area (Å²) in [6, 6.07) is 0.297. The number of piperidine rings is 1. The maximum Gasteiger partial charge on any atom is 0.407 e. The lowest BCUT2D eigenvalue weighted by atomic mass is 9.99. The highest BCUT2D eigenvalue weighted by Gasteiger charge is 2.45. The van der Waals surface area contributed by atoms with Crippen molar-refractivity contribution >= 4 is 12.3 Å². The van der Waals surface area contributed by atoms with Crippen molar-refractivity contribution in [2.45, 2.75) is 37.3 Å². The highest BCUT2D eigenvalue weighted by molar-refractivity contribution is 5.81. The number of hydrazine groups is 1. The van der Waals surface area contributed by atoms with Crippen molar-refractivity contribution in [1.29, 1.82) is 0 Å². The first-order valence-electron chi connectivity index (χ1n) is 6.97. The van der Waals surface area contributed by atoms with Gasteiger partial charge >= 0.3 is 6.09 Å². The van der Waals surface area contributed by atoms with Crippen molar-refractivity contribution in [1.82, 2.24) is 15.3 Å². The number of nitrogens with zero attached hydrogens (tertiary/aromatic N) is 3. The molecule has 2 N–H and O–H groups in total. The lowest BCUT2D eigenvalue weighted by Crippen LogP contribution is -2.45. The first kappa shape index (κ1) is 11.3. The normalized spacial score (nSPS) is 31.3. The molecule has 0 aromatic rings. The van der Waals surface area contributed by atoms with Crippen LogP contribution in [0.4, 0.5) is 4.79 Å². The van der Waals surface area contributed by atoms with E-state index in [1.54, 1.807) is 0 Å². The number of hydrogen-bond acceptors (Lipinski definition) is 4. The molecular formula is C13H18N4O2. The van der Waals surface area contributed by atoms with E-state index in [-0.39, 0.29) is 5.54 Å². The fourth-order valence-corrected chi connectivity index (χ4v) is 3.29. The minimum absolute atomic E-state index is 0.205. The summed E-state index contributed by atoms with van der Waals surface area (Å²) in [7, 11) is 0. The molecule has 3 aliphatic heterocycles. The maximum absolute atomic E-state index is 11.1. The number of nitrogens with one attached hydrogen (secondary N) is 1. The van der Waals surface area contributed by atoms with Gasteiger partial charge in [0.2, 0.25) is 0 Å². The molecule has 1 amide bonds. The molecule has 4 aliphatic rings. The summed E-state index contributed by atoms with van der Waals surface area (Å²) in [5.41, 5.74) is 6.01. The molecule has 1 aliphatic carbocycles. The Balaban J connectivity index is 1.65. The smallest absolute Gasteiger partial charge is 0.407 e. The van der Waals surface area contributed by atoms with E-state index in [0.29, 0.717) is 19.1 Å². The molecule has 0 bridgehead atoms. The van der Waals surface area contributed by atoms with E-state index in [1.165, 1.54) is 23.3 Å². The van der Waals surface area contributed by atoms with Crippen LogP contribution in [0.3, 0.4) is 0 Å². The molecule has 1 atom stereocenters. The summed E-state index contributed by atoms with van der Waals surface area (Å²) in [6.45, 7) is 2.10. The van der Waals surface area contributed by atoms with E-state index in [9.17, 15) is 4.79 Å².